The van der Waals surface area contributed by atoms with Crippen LogP contribution in [0.5, 0.6) is 0 Å². The van der Waals surface area contributed by atoms with Gasteiger partial charge in [0.25, 0.3) is 5.56 Å². The van der Waals surface area contributed by atoms with Gasteiger partial charge in [0.05, 0.1) is 22.8 Å². The number of aromatic nitrogens is 2. The molecule has 5 fully saturated rings. The van der Waals surface area contributed by atoms with Crippen LogP contribution in [0.25, 0.3) is 0 Å². The average molecular weight is 364 g/mol. The lowest BCUT2D eigenvalue weighted by Gasteiger charge is -2.60. The lowest BCUT2D eigenvalue weighted by atomic mass is 9.47. The number of carboxylic acid groups (broad SMARTS) is 1. The van der Waals surface area contributed by atoms with Crippen molar-refractivity contribution in [3.63, 3.8) is 0 Å². The molecule has 134 valence electrons. The normalized spacial score (nSPS) is 38.8. The lowest BCUT2D eigenvalue weighted by molar-refractivity contribution is -0.173. The van der Waals surface area contributed by atoms with Crippen molar-refractivity contribution >= 4 is 23.3 Å². The minimum absolute atomic E-state index is 0.182. The molecule has 5 saturated carbocycles. The second-order valence-electron chi connectivity index (χ2n) is 8.78. The molecule has 4 bridgehead atoms. The van der Waals surface area contributed by atoms with E-state index in [2.05, 4.69) is 10.4 Å². The molecule has 2 N–H and O–H groups in total. The van der Waals surface area contributed by atoms with Crippen molar-refractivity contribution in [2.75, 3.05) is 5.32 Å². The van der Waals surface area contributed by atoms with Crippen LogP contribution in [0.2, 0.25) is 5.02 Å². The van der Waals surface area contributed by atoms with Gasteiger partial charge in [-0.1, -0.05) is 11.6 Å². The molecule has 1 aromatic heterocycles. The molecule has 6 rings (SSSR count). The van der Waals surface area contributed by atoms with E-state index in [0.717, 1.165) is 44.9 Å². The van der Waals surface area contributed by atoms with Crippen molar-refractivity contribution in [3.05, 3.63) is 21.6 Å². The number of nitrogens with zero attached hydrogens (tertiary/aromatic N) is 2. The van der Waals surface area contributed by atoms with Crippen LogP contribution in [0, 0.1) is 17.3 Å². The smallest absolute Gasteiger partial charge is 0.309 e. The minimum atomic E-state index is -0.711. The third-order valence-corrected chi connectivity index (χ3v) is 7.15. The zero-order valence-corrected chi connectivity index (χ0v) is 14.8. The van der Waals surface area contributed by atoms with Crippen molar-refractivity contribution in [3.8, 4) is 0 Å². The maximum absolute atomic E-state index is 13.0. The van der Waals surface area contributed by atoms with Gasteiger partial charge in [-0.05, 0) is 63.2 Å². The molecule has 5 aliphatic rings. The third kappa shape index (κ3) is 2.26. The number of rotatable bonds is 4. The number of aliphatic carboxylic acids is 1. The minimum Gasteiger partial charge on any atom is -0.481 e. The second kappa shape index (κ2) is 5.00. The van der Waals surface area contributed by atoms with E-state index in [4.69, 9.17) is 11.6 Å². The molecule has 6 nitrogen and oxygen atoms in total. The largest absolute Gasteiger partial charge is 0.481 e. The van der Waals surface area contributed by atoms with Crippen molar-refractivity contribution < 1.29 is 9.90 Å². The van der Waals surface area contributed by atoms with Crippen molar-refractivity contribution in [2.45, 2.75) is 62.9 Å². The molecule has 1 heterocycles. The predicted octanol–water partition coefficient (Wildman–Crippen LogP) is 2.85. The summed E-state index contributed by atoms with van der Waals surface area (Å²) in [5.74, 6) is 0.0281. The highest BCUT2D eigenvalue weighted by molar-refractivity contribution is 6.32. The quantitative estimate of drug-likeness (QED) is 0.859. The van der Waals surface area contributed by atoms with Gasteiger partial charge in [-0.3, -0.25) is 9.59 Å². The zero-order chi connectivity index (χ0) is 17.4. The highest BCUT2D eigenvalue weighted by atomic mass is 35.5. The first-order chi connectivity index (χ1) is 11.9. The van der Waals surface area contributed by atoms with Gasteiger partial charge in [-0.2, -0.15) is 5.10 Å². The Balaban J connectivity index is 1.57. The Labute approximate surface area is 150 Å². The monoisotopic (exact) mass is 363 g/mol. The molecule has 0 spiro atoms. The van der Waals surface area contributed by atoms with E-state index in [1.165, 1.54) is 4.68 Å². The standard InChI is InChI=1S/C18H22ClN3O3/c19-14-13(21-12-1-2-12)8-20-22(15(14)23)18-6-10-3-11(7-18)5-17(4-10,9-18)16(24)25/h8,10-12,21H,1-7,9H2,(H,24,25). The van der Waals surface area contributed by atoms with Gasteiger partial charge in [0, 0.05) is 6.04 Å². The van der Waals surface area contributed by atoms with Gasteiger partial charge in [0.15, 0.2) is 0 Å². The predicted molar refractivity (Wildman–Crippen MR) is 92.9 cm³/mol. The van der Waals surface area contributed by atoms with Crippen LogP contribution in [0.3, 0.4) is 0 Å². The van der Waals surface area contributed by atoms with Gasteiger partial charge >= 0.3 is 5.97 Å². The molecule has 0 aromatic carbocycles. The van der Waals surface area contributed by atoms with Crippen molar-refractivity contribution in [1.29, 1.82) is 0 Å². The molecule has 0 radical (unpaired) electrons. The van der Waals surface area contributed by atoms with Crippen molar-refractivity contribution in [2.24, 2.45) is 17.3 Å². The number of hydrogen-bond acceptors (Lipinski definition) is 4. The first kappa shape index (κ1) is 15.7. The summed E-state index contributed by atoms with van der Waals surface area (Å²) in [4.78, 5) is 25.0. The van der Waals surface area contributed by atoms with Crippen LogP contribution in [-0.4, -0.2) is 26.9 Å². The average Bonchev–Trinajstić information content (AvgIpc) is 3.34. The summed E-state index contributed by atoms with van der Waals surface area (Å²) in [6.07, 6.45) is 8.58. The van der Waals surface area contributed by atoms with E-state index in [0.29, 0.717) is 30.0 Å². The van der Waals surface area contributed by atoms with Gasteiger partial charge in [0.2, 0.25) is 0 Å². The Bertz CT molecular complexity index is 802. The summed E-state index contributed by atoms with van der Waals surface area (Å²) in [5, 5.41) is 17.8. The number of carbonyl (C=O) groups is 1. The number of nitrogens with one attached hydrogen (secondary N) is 1. The summed E-state index contributed by atoms with van der Waals surface area (Å²) in [7, 11) is 0. The number of hydrogen-bond donors (Lipinski definition) is 2. The zero-order valence-electron chi connectivity index (χ0n) is 14.0. The maximum Gasteiger partial charge on any atom is 0.309 e. The maximum atomic E-state index is 13.0. The van der Waals surface area contributed by atoms with Crippen LogP contribution < -0.4 is 10.9 Å². The van der Waals surface area contributed by atoms with E-state index < -0.39 is 16.9 Å². The Morgan fingerprint density at radius 1 is 1.28 bits per heavy atom. The van der Waals surface area contributed by atoms with Crippen molar-refractivity contribution in [1.82, 2.24) is 9.78 Å². The Hall–Kier alpha value is -1.56. The van der Waals surface area contributed by atoms with Crippen LogP contribution in [0.15, 0.2) is 11.0 Å². The molecule has 0 aliphatic heterocycles. The van der Waals surface area contributed by atoms with E-state index in [9.17, 15) is 14.7 Å². The van der Waals surface area contributed by atoms with Gasteiger partial charge in [-0.25, -0.2) is 4.68 Å². The molecule has 5 aliphatic carbocycles. The summed E-state index contributed by atoms with van der Waals surface area (Å²) in [6.45, 7) is 0. The molecule has 2 unspecified atom stereocenters. The highest BCUT2D eigenvalue weighted by Gasteiger charge is 2.62. The first-order valence-corrected chi connectivity index (χ1v) is 9.57. The van der Waals surface area contributed by atoms with Crippen LogP contribution in [0.1, 0.15) is 51.4 Å². The molecule has 1 aromatic rings. The summed E-state index contributed by atoms with van der Waals surface area (Å²) in [5.41, 5.74) is -0.859. The Kier molecular flexibility index (Phi) is 3.13. The van der Waals surface area contributed by atoms with E-state index in [1.54, 1.807) is 6.20 Å². The highest BCUT2D eigenvalue weighted by Crippen LogP contribution is 2.63. The molecular formula is C18H22ClN3O3. The SMILES string of the molecule is O=C(O)C12CC3CC(C1)CC(n1ncc(NC4CC4)c(Cl)c1=O)(C3)C2. The molecule has 0 amide bonds. The van der Waals surface area contributed by atoms with E-state index in [1.807, 2.05) is 0 Å². The topological polar surface area (TPSA) is 84.2 Å². The Morgan fingerprint density at radius 3 is 2.56 bits per heavy atom. The van der Waals surface area contributed by atoms with Gasteiger partial charge in [0.1, 0.15) is 5.02 Å². The molecule has 2 atom stereocenters. The third-order valence-electron chi connectivity index (χ3n) is 6.79. The first-order valence-electron chi connectivity index (χ1n) is 9.19. The summed E-state index contributed by atoms with van der Waals surface area (Å²) < 4.78 is 1.53. The van der Waals surface area contributed by atoms with Crippen LogP contribution >= 0.6 is 11.6 Å². The lowest BCUT2D eigenvalue weighted by Crippen LogP contribution is -2.61. The van der Waals surface area contributed by atoms with Crippen LogP contribution in [0.4, 0.5) is 5.69 Å². The number of anilines is 1. The Morgan fingerprint density at radius 2 is 1.96 bits per heavy atom. The van der Waals surface area contributed by atoms with Gasteiger partial charge in [-0.15, -0.1) is 0 Å². The fourth-order valence-electron chi connectivity index (χ4n) is 6.03. The molecule has 7 heteroatoms. The second-order valence-corrected chi connectivity index (χ2v) is 9.16. The fourth-order valence-corrected chi connectivity index (χ4v) is 6.21. The molecular weight excluding hydrogens is 342 g/mol. The number of carboxylic acids is 1. The van der Waals surface area contributed by atoms with Gasteiger partial charge < -0.3 is 10.4 Å². The number of halogens is 1. The van der Waals surface area contributed by atoms with E-state index in [-0.39, 0.29) is 10.6 Å². The summed E-state index contributed by atoms with van der Waals surface area (Å²) in [6, 6.07) is 0.393. The summed E-state index contributed by atoms with van der Waals surface area (Å²) >= 11 is 6.36. The fraction of sp³-hybridized carbons (Fsp3) is 0.722. The van der Waals surface area contributed by atoms with E-state index >= 15 is 0 Å². The molecule has 0 saturated heterocycles. The van der Waals surface area contributed by atoms with Crippen LogP contribution in [-0.2, 0) is 10.3 Å². The molecule has 25 heavy (non-hydrogen) atoms.